The fourth-order valence-corrected chi connectivity index (χ4v) is 5.40. The average molecular weight is 535 g/mol. The van der Waals surface area contributed by atoms with Crippen LogP contribution in [0.25, 0.3) is 0 Å². The molecular formula is C30H38N4O5. The molecule has 1 atom stereocenters. The fraction of sp³-hybridized carbons (Fsp3) is 0.467. The maximum absolute atomic E-state index is 13.5. The van der Waals surface area contributed by atoms with Gasteiger partial charge >= 0.3 is 6.09 Å². The number of unbranched alkanes of at least 4 members (excludes halogenated alkanes) is 1. The highest BCUT2D eigenvalue weighted by molar-refractivity contribution is 6.00. The monoisotopic (exact) mass is 534 g/mol. The van der Waals surface area contributed by atoms with Gasteiger partial charge in [0, 0.05) is 31.7 Å². The summed E-state index contributed by atoms with van der Waals surface area (Å²) < 4.78 is 5.22. The third-order valence-corrected chi connectivity index (χ3v) is 7.56. The van der Waals surface area contributed by atoms with Crippen LogP contribution in [0.3, 0.4) is 0 Å². The SMILES string of the molecule is CCCN1C(=O)[C@H](CCCCNC(=O)OCc2ccccc2)NC(=O)C12CCN(C(=O)c1ccccc1)CC2. The number of hydrogen-bond donors (Lipinski definition) is 2. The lowest BCUT2D eigenvalue weighted by molar-refractivity contribution is -0.161. The molecule has 0 aliphatic carbocycles. The molecule has 0 saturated carbocycles. The lowest BCUT2D eigenvalue weighted by atomic mass is 9.81. The van der Waals surface area contributed by atoms with Crippen molar-refractivity contribution >= 4 is 23.8 Å². The normalized spacial score (nSPS) is 18.5. The van der Waals surface area contributed by atoms with Gasteiger partial charge < -0.3 is 25.2 Å². The highest BCUT2D eigenvalue weighted by atomic mass is 16.5. The Morgan fingerprint density at radius 3 is 2.33 bits per heavy atom. The predicted octanol–water partition coefficient (Wildman–Crippen LogP) is 3.50. The molecule has 9 nitrogen and oxygen atoms in total. The Balaban J connectivity index is 1.25. The molecule has 2 aromatic carbocycles. The van der Waals surface area contributed by atoms with Gasteiger partial charge in [0.15, 0.2) is 0 Å². The molecule has 2 fully saturated rings. The molecule has 2 aromatic rings. The molecule has 0 unspecified atom stereocenters. The molecular weight excluding hydrogens is 496 g/mol. The Morgan fingerprint density at radius 2 is 1.67 bits per heavy atom. The Bertz CT molecular complexity index is 1130. The Kier molecular flexibility index (Phi) is 9.57. The van der Waals surface area contributed by atoms with Crippen LogP contribution in [0.5, 0.6) is 0 Å². The molecule has 2 N–H and O–H groups in total. The van der Waals surface area contributed by atoms with Gasteiger partial charge in [-0.2, -0.15) is 0 Å². The van der Waals surface area contributed by atoms with Crippen molar-refractivity contribution in [3.63, 3.8) is 0 Å². The van der Waals surface area contributed by atoms with Gasteiger partial charge in [-0.05, 0) is 56.2 Å². The molecule has 4 amide bonds. The molecule has 39 heavy (non-hydrogen) atoms. The highest BCUT2D eigenvalue weighted by Crippen LogP contribution is 2.34. The number of piperazine rings is 1. The van der Waals surface area contributed by atoms with E-state index in [2.05, 4.69) is 10.6 Å². The second kappa shape index (κ2) is 13.3. The van der Waals surface area contributed by atoms with Crippen LogP contribution in [-0.4, -0.2) is 71.4 Å². The van der Waals surface area contributed by atoms with E-state index in [0.29, 0.717) is 63.8 Å². The Labute approximate surface area is 229 Å². The first-order valence-corrected chi connectivity index (χ1v) is 13.9. The molecule has 2 heterocycles. The van der Waals surface area contributed by atoms with E-state index in [1.165, 1.54) is 0 Å². The van der Waals surface area contributed by atoms with E-state index in [-0.39, 0.29) is 24.3 Å². The minimum Gasteiger partial charge on any atom is -0.445 e. The summed E-state index contributed by atoms with van der Waals surface area (Å²) in [5.74, 6) is -0.241. The summed E-state index contributed by atoms with van der Waals surface area (Å²) in [5.41, 5.74) is 0.630. The molecule has 4 rings (SSSR count). The van der Waals surface area contributed by atoms with Crippen molar-refractivity contribution < 1.29 is 23.9 Å². The van der Waals surface area contributed by atoms with Gasteiger partial charge in [-0.25, -0.2) is 4.79 Å². The zero-order valence-electron chi connectivity index (χ0n) is 22.6. The first-order valence-electron chi connectivity index (χ1n) is 13.9. The summed E-state index contributed by atoms with van der Waals surface area (Å²) in [6, 6.07) is 18.0. The minimum atomic E-state index is -0.916. The lowest BCUT2D eigenvalue weighted by Crippen LogP contribution is -2.73. The summed E-state index contributed by atoms with van der Waals surface area (Å²) in [5, 5.41) is 5.72. The summed E-state index contributed by atoms with van der Waals surface area (Å²) >= 11 is 0. The molecule has 0 radical (unpaired) electrons. The number of likely N-dealkylation sites (tertiary alicyclic amines) is 1. The Hall–Kier alpha value is -3.88. The van der Waals surface area contributed by atoms with Crippen LogP contribution in [0.1, 0.15) is 61.4 Å². The standard InChI is InChI=1S/C30H38N4O5/c1-2-19-34-27(36)25(15-9-10-18-31-29(38)39-22-23-11-5-3-6-12-23)32-28(37)30(34)16-20-33(21-17-30)26(35)24-13-7-4-8-14-24/h3-8,11-14,25H,2,9-10,15-22H2,1H3,(H,31,38)(H,32,37)/t25-/m0/s1. The minimum absolute atomic E-state index is 0.0505. The number of carbonyl (C=O) groups excluding carboxylic acids is 4. The maximum Gasteiger partial charge on any atom is 0.407 e. The predicted molar refractivity (Wildman–Crippen MR) is 147 cm³/mol. The number of amides is 4. The number of nitrogens with one attached hydrogen (secondary N) is 2. The van der Waals surface area contributed by atoms with Crippen molar-refractivity contribution in [2.75, 3.05) is 26.2 Å². The van der Waals surface area contributed by atoms with Crippen LogP contribution in [0.2, 0.25) is 0 Å². The van der Waals surface area contributed by atoms with Crippen LogP contribution in [0.4, 0.5) is 4.79 Å². The van der Waals surface area contributed by atoms with Gasteiger partial charge in [-0.3, -0.25) is 14.4 Å². The number of carbonyl (C=O) groups is 4. The third-order valence-electron chi connectivity index (χ3n) is 7.56. The first-order chi connectivity index (χ1) is 18.9. The number of ether oxygens (including phenoxy) is 1. The van der Waals surface area contributed by atoms with Crippen molar-refractivity contribution in [2.45, 2.75) is 63.6 Å². The van der Waals surface area contributed by atoms with E-state index in [9.17, 15) is 19.2 Å². The molecule has 2 aliphatic rings. The van der Waals surface area contributed by atoms with Gasteiger partial charge in [0.25, 0.3) is 5.91 Å². The van der Waals surface area contributed by atoms with Crippen molar-refractivity contribution in [3.05, 3.63) is 71.8 Å². The number of benzene rings is 2. The van der Waals surface area contributed by atoms with Gasteiger partial charge in [-0.15, -0.1) is 0 Å². The number of alkyl carbamates (subject to hydrolysis) is 1. The number of piperidine rings is 1. The van der Waals surface area contributed by atoms with Gasteiger partial charge in [0.1, 0.15) is 18.2 Å². The second-order valence-electron chi connectivity index (χ2n) is 10.2. The Morgan fingerprint density at radius 1 is 1.00 bits per heavy atom. The van der Waals surface area contributed by atoms with Crippen molar-refractivity contribution in [2.24, 2.45) is 0 Å². The van der Waals surface area contributed by atoms with E-state index >= 15 is 0 Å². The highest BCUT2D eigenvalue weighted by Gasteiger charge is 2.53. The zero-order chi connectivity index (χ0) is 27.7. The van der Waals surface area contributed by atoms with E-state index in [1.807, 2.05) is 55.5 Å². The van der Waals surface area contributed by atoms with Gasteiger partial charge in [-0.1, -0.05) is 55.5 Å². The smallest absolute Gasteiger partial charge is 0.407 e. The third kappa shape index (κ3) is 6.77. The van der Waals surface area contributed by atoms with Crippen LogP contribution in [-0.2, 0) is 20.9 Å². The van der Waals surface area contributed by atoms with E-state index in [4.69, 9.17) is 4.74 Å². The molecule has 208 valence electrons. The van der Waals surface area contributed by atoms with Crippen molar-refractivity contribution in [3.8, 4) is 0 Å². The summed E-state index contributed by atoms with van der Waals surface area (Å²) in [4.78, 5) is 55.3. The van der Waals surface area contributed by atoms with Crippen LogP contribution < -0.4 is 10.6 Å². The van der Waals surface area contributed by atoms with Gasteiger partial charge in [0.05, 0.1) is 0 Å². The molecule has 2 saturated heterocycles. The topological polar surface area (TPSA) is 108 Å². The lowest BCUT2D eigenvalue weighted by Gasteiger charge is -2.51. The quantitative estimate of drug-likeness (QED) is 0.454. The van der Waals surface area contributed by atoms with Crippen LogP contribution >= 0.6 is 0 Å². The van der Waals surface area contributed by atoms with Crippen LogP contribution in [0.15, 0.2) is 60.7 Å². The zero-order valence-corrected chi connectivity index (χ0v) is 22.6. The molecule has 1 spiro atoms. The largest absolute Gasteiger partial charge is 0.445 e. The van der Waals surface area contributed by atoms with Crippen LogP contribution in [0, 0.1) is 0 Å². The summed E-state index contributed by atoms with van der Waals surface area (Å²) in [7, 11) is 0. The van der Waals surface area contributed by atoms with E-state index in [0.717, 1.165) is 12.0 Å². The van der Waals surface area contributed by atoms with E-state index in [1.54, 1.807) is 21.9 Å². The van der Waals surface area contributed by atoms with Crippen molar-refractivity contribution in [1.82, 2.24) is 20.4 Å². The number of hydrogen-bond acceptors (Lipinski definition) is 5. The average Bonchev–Trinajstić information content (AvgIpc) is 2.97. The fourth-order valence-electron chi connectivity index (χ4n) is 5.40. The number of nitrogens with zero attached hydrogens (tertiary/aromatic N) is 2. The molecule has 9 heteroatoms. The molecule has 0 bridgehead atoms. The summed E-state index contributed by atoms with van der Waals surface area (Å²) in [6.07, 6.45) is 2.94. The summed E-state index contributed by atoms with van der Waals surface area (Å²) in [6.45, 7) is 3.98. The molecule has 2 aliphatic heterocycles. The molecule has 0 aromatic heterocycles. The van der Waals surface area contributed by atoms with E-state index < -0.39 is 17.7 Å². The first kappa shape index (κ1) is 28.1. The maximum atomic E-state index is 13.5. The van der Waals surface area contributed by atoms with Gasteiger partial charge in [0.2, 0.25) is 11.8 Å². The second-order valence-corrected chi connectivity index (χ2v) is 10.2. The number of rotatable bonds is 10. The van der Waals surface area contributed by atoms with Crippen molar-refractivity contribution in [1.29, 1.82) is 0 Å².